The van der Waals surface area contributed by atoms with Gasteiger partial charge in [0.25, 0.3) is 0 Å². The first-order chi connectivity index (χ1) is 34.6. The van der Waals surface area contributed by atoms with Crippen molar-refractivity contribution in [2.75, 3.05) is 13.2 Å². The molecule has 0 spiro atoms. The van der Waals surface area contributed by atoms with E-state index < -0.39 is 67.3 Å². The molecule has 0 saturated carbocycles. The van der Waals surface area contributed by atoms with Crippen molar-refractivity contribution >= 4 is 23.9 Å². The maximum Gasteiger partial charge on any atom is 0.335 e. The molecule has 6 atom stereocenters. The lowest BCUT2D eigenvalue weighted by Crippen LogP contribution is -2.61. The van der Waals surface area contributed by atoms with E-state index in [-0.39, 0.29) is 25.9 Å². The van der Waals surface area contributed by atoms with Crippen molar-refractivity contribution in [1.29, 1.82) is 0 Å². The molecule has 1 fully saturated rings. The van der Waals surface area contributed by atoms with Gasteiger partial charge in [0.05, 0.1) is 6.61 Å². The van der Waals surface area contributed by atoms with Crippen molar-refractivity contribution in [3.8, 4) is 0 Å². The quantitative estimate of drug-likeness (QED) is 0.0228. The van der Waals surface area contributed by atoms with Crippen LogP contribution in [-0.4, -0.2) is 89.2 Å². The zero-order valence-corrected chi connectivity index (χ0v) is 45.7. The van der Waals surface area contributed by atoms with Crippen LogP contribution < -0.4 is 0 Å². The highest BCUT2D eigenvalue weighted by Crippen LogP contribution is 2.27. The highest BCUT2D eigenvalue weighted by Gasteiger charge is 2.50. The second kappa shape index (κ2) is 48.4. The number of carbonyl (C=O) groups excluding carboxylic acids is 3. The summed E-state index contributed by atoms with van der Waals surface area (Å²) < 4.78 is 28.4. The van der Waals surface area contributed by atoms with Crippen LogP contribution in [-0.2, 0) is 42.9 Å². The first-order valence-corrected chi connectivity index (χ1v) is 29.7. The molecule has 12 nitrogen and oxygen atoms in total. The number of ether oxygens (including phenoxy) is 5. The fourth-order valence-electron chi connectivity index (χ4n) is 9.25. The van der Waals surface area contributed by atoms with Gasteiger partial charge in [-0.25, -0.2) is 4.79 Å². The van der Waals surface area contributed by atoms with E-state index in [9.17, 15) is 34.5 Å². The molecule has 0 bridgehead atoms. The maximum absolute atomic E-state index is 13.1. The molecular weight excluding hydrogens is 901 g/mol. The third-order valence-corrected chi connectivity index (χ3v) is 13.8. The van der Waals surface area contributed by atoms with E-state index in [4.69, 9.17) is 23.7 Å². The molecule has 0 aromatic rings. The predicted octanol–water partition coefficient (Wildman–Crippen LogP) is 14.9. The van der Waals surface area contributed by atoms with Gasteiger partial charge in [0, 0.05) is 19.3 Å². The third kappa shape index (κ3) is 38.7. The molecule has 0 aromatic heterocycles. The smallest absolute Gasteiger partial charge is 0.335 e. The van der Waals surface area contributed by atoms with Crippen molar-refractivity contribution < 1.29 is 58.2 Å². The number of esters is 3. The van der Waals surface area contributed by atoms with Crippen LogP contribution in [0.25, 0.3) is 0 Å². The van der Waals surface area contributed by atoms with Crippen LogP contribution in [0.1, 0.15) is 290 Å². The SMILES string of the molecule is CCCCCCCC/C=C\CCCCCCCC(=O)OCC(COC1OC(C(=O)O)C(O)C(O)C1OC(=O)CCCCCCCCCCCCCCCCC)OC(=O)CCCCCCCCCCCCC. The Bertz CT molecular complexity index is 1290. The molecule has 0 aromatic carbocycles. The molecule has 0 aliphatic carbocycles. The fraction of sp³-hybridized carbons (Fsp3) is 0.898. The molecule has 6 unspecified atom stereocenters. The Hall–Kier alpha value is -2.54. The Labute approximate surface area is 433 Å². The summed E-state index contributed by atoms with van der Waals surface area (Å²) in [6.45, 7) is 6.00. The molecule has 1 saturated heterocycles. The molecule has 1 rings (SSSR count). The van der Waals surface area contributed by atoms with Crippen LogP contribution in [0.2, 0.25) is 0 Å². The van der Waals surface area contributed by atoms with E-state index in [2.05, 4.69) is 32.9 Å². The van der Waals surface area contributed by atoms with E-state index in [1.807, 2.05) is 0 Å². The van der Waals surface area contributed by atoms with Crippen molar-refractivity contribution in [3.63, 3.8) is 0 Å². The second-order valence-electron chi connectivity index (χ2n) is 20.6. The average Bonchev–Trinajstić information content (AvgIpc) is 3.35. The summed E-state index contributed by atoms with van der Waals surface area (Å²) in [7, 11) is 0. The summed E-state index contributed by atoms with van der Waals surface area (Å²) in [5, 5.41) is 31.4. The number of unbranched alkanes of at least 4 members (excludes halogenated alkanes) is 35. The van der Waals surface area contributed by atoms with Gasteiger partial charge in [-0.05, 0) is 44.9 Å². The van der Waals surface area contributed by atoms with Crippen molar-refractivity contribution in [2.45, 2.75) is 327 Å². The van der Waals surface area contributed by atoms with Crippen molar-refractivity contribution in [3.05, 3.63) is 12.2 Å². The number of allylic oxidation sites excluding steroid dienone is 2. The lowest BCUT2D eigenvalue weighted by Gasteiger charge is -2.40. The van der Waals surface area contributed by atoms with Gasteiger partial charge in [-0.15, -0.1) is 0 Å². The lowest BCUT2D eigenvalue weighted by molar-refractivity contribution is -0.301. The van der Waals surface area contributed by atoms with Gasteiger partial charge in [0.1, 0.15) is 18.8 Å². The Balaban J connectivity index is 2.67. The number of hydrogen-bond donors (Lipinski definition) is 3. The molecule has 12 heteroatoms. The minimum absolute atomic E-state index is 0.0680. The Morgan fingerprint density at radius 3 is 1.20 bits per heavy atom. The summed E-state index contributed by atoms with van der Waals surface area (Å²) in [5.41, 5.74) is 0. The number of aliphatic hydroxyl groups excluding tert-OH is 2. The molecule has 3 N–H and O–H groups in total. The lowest BCUT2D eigenvalue weighted by atomic mass is 9.98. The molecule has 416 valence electrons. The second-order valence-corrected chi connectivity index (χ2v) is 20.6. The molecule has 0 radical (unpaired) electrons. The molecule has 1 aliphatic heterocycles. The number of carboxylic acid groups (broad SMARTS) is 1. The van der Waals surface area contributed by atoms with Crippen LogP contribution in [0, 0.1) is 0 Å². The van der Waals surface area contributed by atoms with Gasteiger partial charge in [-0.2, -0.15) is 0 Å². The number of carbonyl (C=O) groups is 4. The summed E-state index contributed by atoms with van der Waals surface area (Å²) in [4.78, 5) is 51.0. The van der Waals surface area contributed by atoms with Gasteiger partial charge >= 0.3 is 23.9 Å². The fourth-order valence-corrected chi connectivity index (χ4v) is 9.25. The third-order valence-electron chi connectivity index (χ3n) is 13.8. The summed E-state index contributed by atoms with van der Waals surface area (Å²) in [6, 6.07) is 0. The largest absolute Gasteiger partial charge is 0.479 e. The Morgan fingerprint density at radius 2 is 0.803 bits per heavy atom. The van der Waals surface area contributed by atoms with E-state index in [1.54, 1.807) is 0 Å². The van der Waals surface area contributed by atoms with Crippen molar-refractivity contribution in [2.24, 2.45) is 0 Å². The van der Waals surface area contributed by atoms with Gasteiger partial charge in [0.2, 0.25) is 0 Å². The minimum Gasteiger partial charge on any atom is -0.479 e. The van der Waals surface area contributed by atoms with Crippen LogP contribution in [0.4, 0.5) is 0 Å². The first kappa shape index (κ1) is 66.5. The first-order valence-electron chi connectivity index (χ1n) is 29.7. The topological polar surface area (TPSA) is 175 Å². The molecular formula is C59H108O12. The van der Waals surface area contributed by atoms with E-state index in [1.165, 1.54) is 154 Å². The Morgan fingerprint density at radius 1 is 0.451 bits per heavy atom. The molecule has 0 amide bonds. The molecule has 71 heavy (non-hydrogen) atoms. The molecule has 1 aliphatic rings. The van der Waals surface area contributed by atoms with Gasteiger partial charge in [0.15, 0.2) is 24.6 Å². The number of aliphatic hydroxyl groups is 2. The van der Waals surface area contributed by atoms with Gasteiger partial charge in [-0.1, -0.05) is 238 Å². The summed E-state index contributed by atoms with van der Waals surface area (Å²) >= 11 is 0. The minimum atomic E-state index is -1.90. The number of rotatable bonds is 51. The van der Waals surface area contributed by atoms with Crippen molar-refractivity contribution in [1.82, 2.24) is 0 Å². The zero-order valence-electron chi connectivity index (χ0n) is 45.7. The van der Waals surface area contributed by atoms with E-state index >= 15 is 0 Å². The van der Waals surface area contributed by atoms with Gasteiger partial charge in [-0.3, -0.25) is 14.4 Å². The number of hydrogen-bond acceptors (Lipinski definition) is 11. The highest BCUT2D eigenvalue weighted by molar-refractivity contribution is 5.74. The molecule has 1 heterocycles. The zero-order chi connectivity index (χ0) is 51.8. The van der Waals surface area contributed by atoms with E-state index in [0.717, 1.165) is 77.0 Å². The Kier molecular flexibility index (Phi) is 45.3. The van der Waals surface area contributed by atoms with Crippen LogP contribution in [0.5, 0.6) is 0 Å². The highest BCUT2D eigenvalue weighted by atomic mass is 16.7. The number of carboxylic acids is 1. The van der Waals surface area contributed by atoms with Crippen LogP contribution >= 0.6 is 0 Å². The summed E-state index contributed by atoms with van der Waals surface area (Å²) in [5.74, 6) is -3.09. The summed E-state index contributed by atoms with van der Waals surface area (Å²) in [6.07, 6.45) is 40.4. The normalized spacial score (nSPS) is 18.5. The maximum atomic E-state index is 13.1. The predicted molar refractivity (Wildman–Crippen MR) is 285 cm³/mol. The van der Waals surface area contributed by atoms with Crippen LogP contribution in [0.15, 0.2) is 12.2 Å². The van der Waals surface area contributed by atoms with Crippen LogP contribution in [0.3, 0.4) is 0 Å². The van der Waals surface area contributed by atoms with Gasteiger partial charge < -0.3 is 39.0 Å². The standard InChI is InChI=1S/C59H108O12/c1-4-7-10-13-16-19-22-24-26-28-31-33-36-39-42-45-51(60)67-48-50(69-52(61)46-43-40-37-34-30-21-18-15-12-9-6-3)49-68-59-57(55(64)54(63)56(71-59)58(65)66)70-53(62)47-44-41-38-35-32-29-27-25-23-20-17-14-11-8-5-2/h24,26,50,54-57,59,63-64H,4-23,25,27-49H2,1-3H3,(H,65,66)/b26-24-. The van der Waals surface area contributed by atoms with E-state index in [0.29, 0.717) is 19.3 Å². The number of aliphatic carboxylic acids is 1. The average molecular weight is 1010 g/mol. The monoisotopic (exact) mass is 1010 g/mol.